The Morgan fingerprint density at radius 3 is 1.55 bits per heavy atom. The van der Waals surface area contributed by atoms with Crippen LogP contribution in [0, 0.1) is 0 Å². The van der Waals surface area contributed by atoms with Crippen LogP contribution >= 0.6 is 57.4 Å². The number of nitrogens with one attached hydrogen (secondary N) is 3. The standard InChI is InChI=1S/C20H25ClN6O2S.C11H14ClN3O2S.C9H12ClN3.CH3I.2CH4/c21-14-10-22-17(23-11-14)13-2-7-27(8-3-13)19-24-15-4-9-30(29)16(15)18(25-19)26-20(12-28)5-1-6-20;12-10-13-7-2-5-18(17)8(7)9(14-10)15-11(6-16)3-1-4-11;10-8-5-12-9(13-6-8)7-1-3-11-4-2-7;1-2;;/h10-11,13,28H,1-9,12H2,(H,24,25,26);16H,1-6H2,(H,13,14,15);5-7,11H,1-4H2;1H3;2*1H4. The number of piperidine rings is 2. The first-order valence-corrected chi connectivity index (χ1v) is 27.3. The fraction of sp³-hybridized carbons (Fsp3) is 0.628. The van der Waals surface area contributed by atoms with E-state index in [-0.39, 0.29) is 44.4 Å². The summed E-state index contributed by atoms with van der Waals surface area (Å²) in [7, 11) is -2.14. The van der Waals surface area contributed by atoms with Crippen LogP contribution in [0.25, 0.3) is 0 Å². The lowest BCUT2D eigenvalue weighted by atomic mass is 9.77. The summed E-state index contributed by atoms with van der Waals surface area (Å²) in [5, 5.41) is 30.7. The Labute approximate surface area is 416 Å². The summed E-state index contributed by atoms with van der Waals surface area (Å²) in [5.41, 5.74) is 0.975. The molecule has 10 rings (SSSR count). The van der Waals surface area contributed by atoms with Gasteiger partial charge < -0.3 is 31.1 Å². The van der Waals surface area contributed by atoms with E-state index in [1.54, 1.807) is 24.8 Å². The minimum absolute atomic E-state index is 0. The number of rotatable bonds is 9. The molecule has 0 radical (unpaired) electrons. The molecule has 2 atom stereocenters. The van der Waals surface area contributed by atoms with Gasteiger partial charge in [-0.25, -0.2) is 29.9 Å². The SMILES string of the molecule is C.C.CI.Clc1cnc(C2CCNCC2)nc1.O=S1CCc2nc(Cl)nc(NC3(CO)CCC3)c21.O=S1CCc2nc(N3CCC(c4ncc(Cl)cn4)CC3)nc(NC3(CO)CCC3)c21. The number of alkyl halides is 1. The van der Waals surface area contributed by atoms with Gasteiger partial charge in [-0.1, -0.05) is 60.6 Å². The van der Waals surface area contributed by atoms with Crippen LogP contribution in [0.1, 0.15) is 114 Å². The molecule has 22 heteroatoms. The van der Waals surface area contributed by atoms with Crippen molar-refractivity contribution in [3.8, 4) is 0 Å². The second-order valence-electron chi connectivity index (χ2n) is 16.5. The van der Waals surface area contributed by atoms with Gasteiger partial charge in [0.1, 0.15) is 33.1 Å². The molecule has 0 aromatic carbocycles. The van der Waals surface area contributed by atoms with Crippen molar-refractivity contribution < 1.29 is 18.6 Å². The zero-order valence-electron chi connectivity index (χ0n) is 35.2. The number of aliphatic hydroxyl groups excluding tert-OH is 2. The molecule has 4 aliphatic heterocycles. The number of nitrogens with zero attached hydrogens (tertiary/aromatic N) is 9. The lowest BCUT2D eigenvalue weighted by molar-refractivity contribution is 0.143. The Balaban J connectivity index is 0.000000193. The average Bonchev–Trinajstić information content (AvgIpc) is 3.86. The fourth-order valence-corrected chi connectivity index (χ4v) is 11.5. The van der Waals surface area contributed by atoms with Crippen molar-refractivity contribution in [2.75, 3.05) is 71.4 Å². The molecule has 4 aromatic rings. The van der Waals surface area contributed by atoms with Gasteiger partial charge in [-0.2, -0.15) is 9.97 Å². The summed E-state index contributed by atoms with van der Waals surface area (Å²) in [6.07, 6.45) is 17.8. The number of aryl methyl sites for hydroxylation is 2. The van der Waals surface area contributed by atoms with E-state index in [2.05, 4.69) is 73.3 Å². The van der Waals surface area contributed by atoms with Crippen molar-refractivity contribution in [1.29, 1.82) is 0 Å². The highest BCUT2D eigenvalue weighted by Crippen LogP contribution is 2.40. The van der Waals surface area contributed by atoms with E-state index in [4.69, 9.17) is 44.8 Å². The van der Waals surface area contributed by atoms with Crippen molar-refractivity contribution in [1.82, 2.24) is 45.2 Å². The highest BCUT2D eigenvalue weighted by molar-refractivity contribution is 14.1. The monoisotopic (exact) mass is 1110 g/mol. The van der Waals surface area contributed by atoms with Crippen LogP contribution in [-0.2, 0) is 34.4 Å². The molecule has 0 spiro atoms. The topological polar surface area (TPSA) is 217 Å². The number of aliphatic hydroxyl groups is 2. The second kappa shape index (κ2) is 24.7. The van der Waals surface area contributed by atoms with E-state index in [9.17, 15) is 18.6 Å². The van der Waals surface area contributed by atoms with Gasteiger partial charge in [-0.05, 0) is 93.8 Å². The van der Waals surface area contributed by atoms with Crippen LogP contribution < -0.4 is 20.9 Å². The van der Waals surface area contributed by atoms with Crippen LogP contribution in [0.4, 0.5) is 17.6 Å². The van der Waals surface area contributed by atoms with E-state index in [1.807, 2.05) is 4.93 Å². The molecule has 65 heavy (non-hydrogen) atoms. The first kappa shape index (κ1) is 53.5. The lowest BCUT2D eigenvalue weighted by Gasteiger charge is -2.42. The third kappa shape index (κ3) is 13.0. The number of aromatic nitrogens is 8. The van der Waals surface area contributed by atoms with Gasteiger partial charge in [0, 0.05) is 74.1 Å². The summed E-state index contributed by atoms with van der Waals surface area (Å²) in [4.78, 5) is 40.6. The summed E-state index contributed by atoms with van der Waals surface area (Å²) >= 11 is 19.7. The number of hydrogen-bond donors (Lipinski definition) is 5. The Morgan fingerprint density at radius 2 is 1.12 bits per heavy atom. The van der Waals surface area contributed by atoms with E-state index in [1.165, 1.54) is 0 Å². The molecule has 16 nitrogen and oxygen atoms in total. The molecule has 2 saturated heterocycles. The third-order valence-electron chi connectivity index (χ3n) is 12.5. The molecular weight excluding hydrogens is 1050 g/mol. The van der Waals surface area contributed by atoms with Crippen LogP contribution in [-0.4, -0.2) is 125 Å². The Morgan fingerprint density at radius 1 is 0.692 bits per heavy atom. The number of hydrogen-bond acceptors (Lipinski definition) is 16. The molecule has 2 unspecified atom stereocenters. The van der Waals surface area contributed by atoms with Crippen molar-refractivity contribution in [3.63, 3.8) is 0 Å². The van der Waals surface area contributed by atoms with Gasteiger partial charge in [0.25, 0.3) is 0 Å². The smallest absolute Gasteiger partial charge is 0.227 e. The van der Waals surface area contributed by atoms with E-state index in [0.717, 1.165) is 118 Å². The maximum atomic E-state index is 12.6. The molecule has 0 bridgehead atoms. The second-order valence-corrected chi connectivity index (χ2v) is 20.7. The summed E-state index contributed by atoms with van der Waals surface area (Å²) in [5.74, 6) is 5.60. The minimum atomic E-state index is -1.08. The molecule has 2 saturated carbocycles. The van der Waals surface area contributed by atoms with Crippen molar-refractivity contribution in [2.45, 2.75) is 125 Å². The van der Waals surface area contributed by atoms with Crippen LogP contribution in [0.15, 0.2) is 34.6 Å². The van der Waals surface area contributed by atoms with E-state index in [0.29, 0.717) is 68.7 Å². The largest absolute Gasteiger partial charge is 0.394 e. The molecule has 6 aliphatic rings. The fourth-order valence-electron chi connectivity index (χ4n) is 8.50. The predicted molar refractivity (Wildman–Crippen MR) is 270 cm³/mol. The first-order valence-electron chi connectivity index (χ1n) is 21.4. The quantitative estimate of drug-likeness (QED) is 0.0630. The van der Waals surface area contributed by atoms with Crippen molar-refractivity contribution in [2.24, 2.45) is 0 Å². The average molecular weight is 1110 g/mol. The number of anilines is 3. The van der Waals surface area contributed by atoms with Crippen LogP contribution in [0.2, 0.25) is 15.3 Å². The van der Waals surface area contributed by atoms with Crippen molar-refractivity contribution >= 4 is 96.6 Å². The summed E-state index contributed by atoms with van der Waals surface area (Å²) < 4.78 is 24.5. The zero-order chi connectivity index (χ0) is 44.6. The molecule has 2 aliphatic carbocycles. The molecule has 5 N–H and O–H groups in total. The maximum Gasteiger partial charge on any atom is 0.227 e. The molecule has 358 valence electrons. The Kier molecular flexibility index (Phi) is 20.3. The number of halogens is 4. The Hall–Kier alpha value is -2.50. The maximum absolute atomic E-state index is 12.6. The van der Waals surface area contributed by atoms with Gasteiger partial charge in [-0.3, -0.25) is 8.42 Å². The third-order valence-corrected chi connectivity index (χ3v) is 15.9. The van der Waals surface area contributed by atoms with E-state index >= 15 is 0 Å². The molecule has 0 amide bonds. The van der Waals surface area contributed by atoms with Gasteiger partial charge in [0.05, 0.1) is 67.3 Å². The van der Waals surface area contributed by atoms with Gasteiger partial charge in [0.2, 0.25) is 11.2 Å². The van der Waals surface area contributed by atoms with Crippen LogP contribution in [0.5, 0.6) is 0 Å². The summed E-state index contributed by atoms with van der Waals surface area (Å²) in [6, 6.07) is 0. The molecular formula is C43H62Cl3IN12O4S2. The predicted octanol–water partition coefficient (Wildman–Crippen LogP) is 7.34. The lowest BCUT2D eigenvalue weighted by Crippen LogP contribution is -2.49. The highest BCUT2D eigenvalue weighted by atomic mass is 127. The van der Waals surface area contributed by atoms with Gasteiger partial charge >= 0.3 is 0 Å². The van der Waals surface area contributed by atoms with Gasteiger partial charge in [0.15, 0.2) is 0 Å². The first-order chi connectivity index (χ1) is 30.6. The normalized spacial score (nSPS) is 21.3. The minimum Gasteiger partial charge on any atom is -0.394 e. The Bertz CT molecular complexity index is 2200. The van der Waals surface area contributed by atoms with Crippen LogP contribution in [0.3, 0.4) is 0 Å². The number of fused-ring (bicyclic) bond motifs is 2. The molecule has 4 aromatic heterocycles. The molecule has 8 heterocycles. The van der Waals surface area contributed by atoms with Crippen molar-refractivity contribution in [3.05, 3.63) is 63.2 Å². The molecule has 4 fully saturated rings. The summed E-state index contributed by atoms with van der Waals surface area (Å²) in [6.45, 7) is 3.86. The zero-order valence-corrected chi connectivity index (χ0v) is 41.2. The highest BCUT2D eigenvalue weighted by Gasteiger charge is 2.40. The van der Waals surface area contributed by atoms with E-state index < -0.39 is 21.6 Å². The van der Waals surface area contributed by atoms with Gasteiger partial charge in [-0.15, -0.1) is 0 Å².